The molecule has 13 heavy (non-hydrogen) atoms. The van der Waals surface area contributed by atoms with Crippen LogP contribution in [0.2, 0.25) is 0 Å². The average Bonchev–Trinajstić information content (AvgIpc) is 2.16. The fraction of sp³-hybridized carbons (Fsp3) is 1.00. The summed E-state index contributed by atoms with van der Waals surface area (Å²) in [7, 11) is 0. The molecule has 2 heteroatoms. The van der Waals surface area contributed by atoms with E-state index in [4.69, 9.17) is 4.74 Å². The second-order valence-corrected chi connectivity index (χ2v) is 5.15. The molecule has 0 rings (SSSR count). The Bertz CT molecular complexity index is 96.1. The zero-order valence-electron chi connectivity index (χ0n) is 9.22. The number of rotatable bonds is 9. The van der Waals surface area contributed by atoms with Crippen LogP contribution in [0.5, 0.6) is 0 Å². The van der Waals surface area contributed by atoms with Crippen LogP contribution in [-0.2, 0) is 4.74 Å². The fourth-order valence-electron chi connectivity index (χ4n) is 1.23. The standard InChI is InChI=1S/C11H25AsO/c1-3-5-6-7-8-9-10-13-11(12)4-2/h11H,3-10,12H2,1-2H3. The molecule has 0 aliphatic carbocycles. The summed E-state index contributed by atoms with van der Waals surface area (Å²) in [5.74, 6) is 0. The zero-order valence-corrected chi connectivity index (χ0v) is 11.6. The molecule has 0 saturated carbocycles. The van der Waals surface area contributed by atoms with Gasteiger partial charge in [-0.05, 0) is 0 Å². The third kappa shape index (κ3) is 10.4. The van der Waals surface area contributed by atoms with Gasteiger partial charge in [-0.3, -0.25) is 0 Å². The van der Waals surface area contributed by atoms with Crippen LogP contribution in [0.1, 0.15) is 58.8 Å². The van der Waals surface area contributed by atoms with Crippen molar-refractivity contribution in [2.45, 2.75) is 63.7 Å². The first-order valence-electron chi connectivity index (χ1n) is 5.68. The molecule has 0 N–H and O–H groups in total. The normalized spacial score (nSPS) is 13.2. The van der Waals surface area contributed by atoms with E-state index < -0.39 is 0 Å². The Morgan fingerprint density at radius 2 is 1.62 bits per heavy atom. The molecule has 0 fully saturated rings. The van der Waals surface area contributed by atoms with Gasteiger partial charge < -0.3 is 0 Å². The predicted molar refractivity (Wildman–Crippen MR) is 62.0 cm³/mol. The van der Waals surface area contributed by atoms with Crippen molar-refractivity contribution >= 4 is 16.9 Å². The van der Waals surface area contributed by atoms with Gasteiger partial charge in [0, 0.05) is 0 Å². The van der Waals surface area contributed by atoms with Gasteiger partial charge in [0.2, 0.25) is 0 Å². The first-order valence-corrected chi connectivity index (χ1v) is 7.08. The first kappa shape index (κ1) is 13.5. The van der Waals surface area contributed by atoms with E-state index in [-0.39, 0.29) is 0 Å². The van der Waals surface area contributed by atoms with Crippen LogP contribution in [0.3, 0.4) is 0 Å². The predicted octanol–water partition coefficient (Wildman–Crippen LogP) is 2.73. The Hall–Kier alpha value is 0.518. The van der Waals surface area contributed by atoms with Crippen LogP contribution in [-0.4, -0.2) is 28.4 Å². The van der Waals surface area contributed by atoms with Gasteiger partial charge in [0.05, 0.1) is 0 Å². The van der Waals surface area contributed by atoms with E-state index in [0.717, 1.165) is 13.0 Å². The quantitative estimate of drug-likeness (QED) is 0.450. The molecule has 80 valence electrons. The molecule has 0 aliphatic heterocycles. The molecular weight excluding hydrogens is 223 g/mol. The van der Waals surface area contributed by atoms with Gasteiger partial charge in [0.15, 0.2) is 0 Å². The summed E-state index contributed by atoms with van der Waals surface area (Å²) < 4.78 is 5.63. The van der Waals surface area contributed by atoms with Crippen molar-refractivity contribution in [3.8, 4) is 0 Å². The molecule has 0 aliphatic rings. The molecule has 0 radical (unpaired) electrons. The summed E-state index contributed by atoms with van der Waals surface area (Å²) in [5, 5.41) is 0. The number of ether oxygens (including phenoxy) is 1. The van der Waals surface area contributed by atoms with Gasteiger partial charge in [-0.2, -0.15) is 0 Å². The summed E-state index contributed by atoms with van der Waals surface area (Å²) in [6, 6.07) is 0. The summed E-state index contributed by atoms with van der Waals surface area (Å²) in [4.78, 5) is 0.517. The second-order valence-electron chi connectivity index (χ2n) is 3.59. The van der Waals surface area contributed by atoms with E-state index in [0.29, 0.717) is 4.89 Å². The number of unbranched alkanes of at least 4 members (excludes halogenated alkanes) is 5. The number of hydrogen-bond acceptors (Lipinski definition) is 1. The van der Waals surface area contributed by atoms with Crippen LogP contribution in [0.4, 0.5) is 0 Å². The molecule has 2 atom stereocenters. The van der Waals surface area contributed by atoms with Crippen molar-refractivity contribution in [1.82, 2.24) is 0 Å². The van der Waals surface area contributed by atoms with Gasteiger partial charge in [0.1, 0.15) is 0 Å². The molecule has 2 unspecified atom stereocenters. The topological polar surface area (TPSA) is 9.23 Å². The average molecular weight is 248 g/mol. The third-order valence-corrected chi connectivity index (χ3v) is 3.63. The van der Waals surface area contributed by atoms with Crippen LogP contribution in [0, 0.1) is 0 Å². The van der Waals surface area contributed by atoms with Crippen LogP contribution in [0.25, 0.3) is 0 Å². The molecular formula is C11H25AsO. The molecule has 0 heterocycles. The van der Waals surface area contributed by atoms with Gasteiger partial charge in [-0.15, -0.1) is 0 Å². The number of hydrogen-bond donors (Lipinski definition) is 0. The first-order chi connectivity index (χ1) is 6.31. The van der Waals surface area contributed by atoms with E-state index in [2.05, 4.69) is 13.8 Å². The molecule has 0 aromatic rings. The van der Waals surface area contributed by atoms with Crippen molar-refractivity contribution in [2.75, 3.05) is 6.61 Å². The zero-order chi connectivity index (χ0) is 9.94. The van der Waals surface area contributed by atoms with Gasteiger partial charge in [-0.1, -0.05) is 0 Å². The van der Waals surface area contributed by atoms with Crippen molar-refractivity contribution in [3.63, 3.8) is 0 Å². The summed E-state index contributed by atoms with van der Waals surface area (Å²) in [5.41, 5.74) is 0. The maximum atomic E-state index is 5.63. The van der Waals surface area contributed by atoms with Gasteiger partial charge >= 0.3 is 91.9 Å². The SMILES string of the molecule is CCCCCCCCOC([AsH2])CC. The Balaban J connectivity index is 2.91. The summed E-state index contributed by atoms with van der Waals surface area (Å²) in [6.07, 6.45) is 9.30. The molecule has 0 spiro atoms. The Morgan fingerprint density at radius 1 is 1.00 bits per heavy atom. The molecule has 0 bridgehead atoms. The van der Waals surface area contributed by atoms with Crippen LogP contribution in [0.15, 0.2) is 0 Å². The summed E-state index contributed by atoms with van der Waals surface area (Å²) in [6.45, 7) is 5.42. The Morgan fingerprint density at radius 3 is 2.23 bits per heavy atom. The van der Waals surface area contributed by atoms with Gasteiger partial charge in [-0.25, -0.2) is 0 Å². The summed E-state index contributed by atoms with van der Waals surface area (Å²) >= 11 is 1.72. The monoisotopic (exact) mass is 248 g/mol. The van der Waals surface area contributed by atoms with E-state index >= 15 is 0 Å². The van der Waals surface area contributed by atoms with E-state index in [1.54, 1.807) is 16.9 Å². The molecule has 1 nitrogen and oxygen atoms in total. The Kier molecular flexibility index (Phi) is 11.0. The molecule has 0 saturated heterocycles. The Labute approximate surface area is 92.1 Å². The van der Waals surface area contributed by atoms with Crippen molar-refractivity contribution in [2.24, 2.45) is 0 Å². The van der Waals surface area contributed by atoms with Gasteiger partial charge in [0.25, 0.3) is 0 Å². The van der Waals surface area contributed by atoms with Crippen molar-refractivity contribution in [1.29, 1.82) is 0 Å². The van der Waals surface area contributed by atoms with Crippen molar-refractivity contribution in [3.05, 3.63) is 0 Å². The van der Waals surface area contributed by atoms with E-state index in [1.807, 2.05) is 0 Å². The minimum absolute atomic E-state index is 0.517. The minimum atomic E-state index is 0.517. The maximum absolute atomic E-state index is 5.63. The third-order valence-electron chi connectivity index (χ3n) is 2.23. The molecule has 0 amide bonds. The van der Waals surface area contributed by atoms with E-state index in [1.165, 1.54) is 38.5 Å². The van der Waals surface area contributed by atoms with Crippen LogP contribution < -0.4 is 0 Å². The van der Waals surface area contributed by atoms with Crippen LogP contribution >= 0.6 is 0 Å². The second kappa shape index (κ2) is 10.6. The van der Waals surface area contributed by atoms with E-state index in [9.17, 15) is 0 Å². The molecule has 0 aromatic heterocycles. The fourth-order valence-corrected chi connectivity index (χ4v) is 1.52. The van der Waals surface area contributed by atoms with Crippen molar-refractivity contribution < 1.29 is 4.74 Å². The molecule has 0 aromatic carbocycles.